The second-order valence-corrected chi connectivity index (χ2v) is 7.23. The van der Waals surface area contributed by atoms with Crippen molar-refractivity contribution < 1.29 is 24.0 Å². The summed E-state index contributed by atoms with van der Waals surface area (Å²) >= 11 is 6.04. The lowest BCUT2D eigenvalue weighted by atomic mass is 10.2. The van der Waals surface area contributed by atoms with Crippen LogP contribution in [0.15, 0.2) is 72.8 Å². The maximum absolute atomic E-state index is 12.4. The molecule has 0 saturated carbocycles. The molecule has 0 saturated heterocycles. The molecule has 1 atom stereocenters. The van der Waals surface area contributed by atoms with Crippen LogP contribution in [0.25, 0.3) is 0 Å². The summed E-state index contributed by atoms with van der Waals surface area (Å²) in [7, 11) is 0. The van der Waals surface area contributed by atoms with Crippen LogP contribution in [0.3, 0.4) is 0 Å². The average molecular weight is 470 g/mol. The van der Waals surface area contributed by atoms with Gasteiger partial charge >= 0.3 is 5.69 Å². The molecule has 0 heterocycles. The third-order valence-corrected chi connectivity index (χ3v) is 4.68. The number of nitro groups is 1. The zero-order valence-electron chi connectivity index (χ0n) is 17.5. The van der Waals surface area contributed by atoms with Gasteiger partial charge < -0.3 is 20.1 Å². The molecule has 0 aliphatic carbocycles. The zero-order chi connectivity index (χ0) is 23.8. The van der Waals surface area contributed by atoms with E-state index in [4.69, 9.17) is 21.1 Å². The molecule has 0 aliphatic rings. The Bertz CT molecular complexity index is 1150. The Morgan fingerprint density at radius 1 is 0.939 bits per heavy atom. The van der Waals surface area contributed by atoms with Crippen molar-refractivity contribution in [2.24, 2.45) is 0 Å². The normalized spacial score (nSPS) is 11.2. The number of hydrogen-bond acceptors (Lipinski definition) is 6. The molecule has 0 fully saturated rings. The van der Waals surface area contributed by atoms with Gasteiger partial charge in [-0.2, -0.15) is 0 Å². The van der Waals surface area contributed by atoms with Crippen LogP contribution in [0.1, 0.15) is 6.92 Å². The Balaban J connectivity index is 1.50. The molecular formula is C23H20ClN3O6. The fraction of sp³-hybridized carbons (Fsp3) is 0.130. The fourth-order valence-electron chi connectivity index (χ4n) is 2.74. The Morgan fingerprint density at radius 2 is 1.52 bits per heavy atom. The summed E-state index contributed by atoms with van der Waals surface area (Å²) in [5.41, 5.74) is 0.742. The molecule has 3 aromatic carbocycles. The molecule has 2 N–H and O–H groups in total. The number of ether oxygens (including phenoxy) is 2. The number of halogens is 1. The molecular weight excluding hydrogens is 450 g/mol. The number of para-hydroxylation sites is 3. The second-order valence-electron chi connectivity index (χ2n) is 6.82. The van der Waals surface area contributed by atoms with Crippen molar-refractivity contribution >= 4 is 40.5 Å². The van der Waals surface area contributed by atoms with E-state index in [1.54, 1.807) is 61.5 Å². The summed E-state index contributed by atoms with van der Waals surface area (Å²) in [5.74, 6) is -0.456. The van der Waals surface area contributed by atoms with Crippen LogP contribution in [0.2, 0.25) is 5.02 Å². The third-order valence-electron chi connectivity index (χ3n) is 4.37. The lowest BCUT2D eigenvalue weighted by Gasteiger charge is -2.15. The molecule has 2 amide bonds. The standard InChI is InChI=1S/C23H20ClN3O6/c1-15(33-20-8-4-2-6-18(20)24)23(29)26-17-12-10-16(11-13-17)25-22(28)14-32-21-9-5-3-7-19(21)27(30)31/h2-13,15H,14H2,1H3,(H,25,28)(H,26,29). The molecule has 0 aromatic heterocycles. The molecule has 1 unspecified atom stereocenters. The highest BCUT2D eigenvalue weighted by atomic mass is 35.5. The Labute approximate surface area is 194 Å². The van der Waals surface area contributed by atoms with Crippen LogP contribution in [0, 0.1) is 10.1 Å². The maximum atomic E-state index is 12.4. The van der Waals surface area contributed by atoms with Gasteiger partial charge in [-0.05, 0) is 49.4 Å². The zero-order valence-corrected chi connectivity index (χ0v) is 18.2. The van der Waals surface area contributed by atoms with Gasteiger partial charge in [0.1, 0.15) is 5.75 Å². The van der Waals surface area contributed by atoms with E-state index >= 15 is 0 Å². The molecule has 170 valence electrons. The van der Waals surface area contributed by atoms with E-state index in [-0.39, 0.29) is 17.3 Å². The summed E-state index contributed by atoms with van der Waals surface area (Å²) in [6.07, 6.45) is -0.788. The minimum absolute atomic E-state index is 0.00355. The predicted molar refractivity (Wildman–Crippen MR) is 124 cm³/mol. The lowest BCUT2D eigenvalue weighted by molar-refractivity contribution is -0.385. The molecule has 0 aliphatic heterocycles. The van der Waals surface area contributed by atoms with E-state index in [0.29, 0.717) is 22.1 Å². The van der Waals surface area contributed by atoms with Crippen molar-refractivity contribution in [2.75, 3.05) is 17.2 Å². The van der Waals surface area contributed by atoms with E-state index in [1.807, 2.05) is 0 Å². The maximum Gasteiger partial charge on any atom is 0.310 e. The Kier molecular flexibility index (Phi) is 7.82. The van der Waals surface area contributed by atoms with Crippen LogP contribution >= 0.6 is 11.6 Å². The number of benzene rings is 3. The van der Waals surface area contributed by atoms with Crippen molar-refractivity contribution in [2.45, 2.75) is 13.0 Å². The highest BCUT2D eigenvalue weighted by Gasteiger charge is 2.17. The van der Waals surface area contributed by atoms with Gasteiger partial charge in [-0.1, -0.05) is 35.9 Å². The number of anilines is 2. The van der Waals surface area contributed by atoms with E-state index < -0.39 is 23.5 Å². The number of nitrogens with zero attached hydrogens (tertiary/aromatic N) is 1. The van der Waals surface area contributed by atoms with Gasteiger partial charge in [0.2, 0.25) is 0 Å². The largest absolute Gasteiger partial charge is 0.479 e. The van der Waals surface area contributed by atoms with Crippen molar-refractivity contribution in [3.63, 3.8) is 0 Å². The highest BCUT2D eigenvalue weighted by molar-refractivity contribution is 6.32. The molecule has 0 radical (unpaired) electrons. The van der Waals surface area contributed by atoms with E-state index in [1.165, 1.54) is 18.2 Å². The quantitative estimate of drug-likeness (QED) is 0.347. The first-order valence-electron chi connectivity index (χ1n) is 9.81. The first-order valence-corrected chi connectivity index (χ1v) is 10.2. The number of nitrogens with one attached hydrogen (secondary N) is 2. The molecule has 33 heavy (non-hydrogen) atoms. The third kappa shape index (κ3) is 6.68. The molecule has 9 nitrogen and oxygen atoms in total. The molecule has 0 bridgehead atoms. The highest BCUT2D eigenvalue weighted by Crippen LogP contribution is 2.26. The number of hydrogen-bond donors (Lipinski definition) is 2. The number of rotatable bonds is 9. The van der Waals surface area contributed by atoms with Gasteiger partial charge in [0.25, 0.3) is 11.8 Å². The van der Waals surface area contributed by atoms with Crippen LogP contribution in [0.5, 0.6) is 11.5 Å². The fourth-order valence-corrected chi connectivity index (χ4v) is 2.92. The molecule has 3 rings (SSSR count). The van der Waals surface area contributed by atoms with E-state index in [9.17, 15) is 19.7 Å². The first kappa shape index (κ1) is 23.6. The van der Waals surface area contributed by atoms with Crippen molar-refractivity contribution in [1.29, 1.82) is 0 Å². The number of amides is 2. The summed E-state index contributed by atoms with van der Waals surface area (Å²) in [4.78, 5) is 34.9. The van der Waals surface area contributed by atoms with Crippen molar-refractivity contribution in [3.05, 3.63) is 87.9 Å². The topological polar surface area (TPSA) is 120 Å². The predicted octanol–water partition coefficient (Wildman–Crippen LogP) is 4.67. The number of nitro benzene ring substituents is 1. The van der Waals surface area contributed by atoms with Crippen molar-refractivity contribution in [1.82, 2.24) is 0 Å². The molecule has 0 spiro atoms. The van der Waals surface area contributed by atoms with Crippen LogP contribution in [0.4, 0.5) is 17.1 Å². The molecule has 3 aromatic rings. The Hall–Kier alpha value is -4.11. The number of carbonyl (C=O) groups excluding carboxylic acids is 2. The van der Waals surface area contributed by atoms with Gasteiger partial charge in [0.05, 0.1) is 9.95 Å². The minimum atomic E-state index is -0.788. The van der Waals surface area contributed by atoms with Gasteiger partial charge in [-0.15, -0.1) is 0 Å². The summed E-state index contributed by atoms with van der Waals surface area (Å²) in [6.45, 7) is 1.20. The molecule has 10 heteroatoms. The SMILES string of the molecule is CC(Oc1ccccc1Cl)C(=O)Nc1ccc(NC(=O)COc2ccccc2[N+](=O)[O-])cc1. The van der Waals surface area contributed by atoms with E-state index in [0.717, 1.165) is 0 Å². The van der Waals surface area contributed by atoms with Gasteiger partial charge in [-0.25, -0.2) is 0 Å². The minimum Gasteiger partial charge on any atom is -0.479 e. The smallest absolute Gasteiger partial charge is 0.310 e. The number of carbonyl (C=O) groups is 2. The summed E-state index contributed by atoms with van der Waals surface area (Å²) < 4.78 is 10.8. The van der Waals surface area contributed by atoms with Gasteiger partial charge in [-0.3, -0.25) is 19.7 Å². The average Bonchev–Trinajstić information content (AvgIpc) is 2.80. The van der Waals surface area contributed by atoms with Gasteiger partial charge in [0.15, 0.2) is 18.5 Å². The summed E-state index contributed by atoms with van der Waals surface area (Å²) in [6, 6.07) is 19.1. The van der Waals surface area contributed by atoms with Crippen molar-refractivity contribution in [3.8, 4) is 11.5 Å². The van der Waals surface area contributed by atoms with Crippen LogP contribution in [-0.4, -0.2) is 29.4 Å². The van der Waals surface area contributed by atoms with Crippen LogP contribution in [-0.2, 0) is 9.59 Å². The second kappa shape index (κ2) is 11.0. The lowest BCUT2D eigenvalue weighted by Crippen LogP contribution is -2.30. The van der Waals surface area contributed by atoms with Gasteiger partial charge in [0, 0.05) is 17.4 Å². The first-order chi connectivity index (χ1) is 15.8. The monoisotopic (exact) mass is 469 g/mol. The van der Waals surface area contributed by atoms with E-state index in [2.05, 4.69) is 10.6 Å². The summed E-state index contributed by atoms with van der Waals surface area (Å²) in [5, 5.41) is 16.7. The van der Waals surface area contributed by atoms with Crippen LogP contribution < -0.4 is 20.1 Å². The Morgan fingerprint density at radius 3 is 2.15 bits per heavy atom.